The van der Waals surface area contributed by atoms with Crippen LogP contribution in [0.1, 0.15) is 34.9 Å². The summed E-state index contributed by atoms with van der Waals surface area (Å²) >= 11 is 6.18. The molecular formula is C18H15ClN4O2. The minimum atomic E-state index is -1.03. The predicted octanol–water partition coefficient (Wildman–Crippen LogP) is 3.77. The first kappa shape index (κ1) is 15.8. The SMILES string of the molecule is Cn1cnnc1-c1cc(Cl)ccc1-c1cc(C(=O)O)nc(C2CC2)c1. The fourth-order valence-corrected chi connectivity index (χ4v) is 3.06. The van der Waals surface area contributed by atoms with E-state index in [2.05, 4.69) is 15.2 Å². The number of hydrogen-bond donors (Lipinski definition) is 1. The maximum Gasteiger partial charge on any atom is 0.354 e. The molecule has 1 aliphatic rings. The summed E-state index contributed by atoms with van der Waals surface area (Å²) in [6, 6.07) is 9.04. The lowest BCUT2D eigenvalue weighted by atomic mass is 9.97. The Bertz CT molecular complexity index is 979. The molecule has 1 aliphatic carbocycles. The lowest BCUT2D eigenvalue weighted by molar-refractivity contribution is 0.0690. The molecule has 25 heavy (non-hydrogen) atoms. The molecule has 0 radical (unpaired) electrons. The van der Waals surface area contributed by atoms with E-state index in [4.69, 9.17) is 11.6 Å². The monoisotopic (exact) mass is 354 g/mol. The Morgan fingerprint density at radius 3 is 2.68 bits per heavy atom. The number of rotatable bonds is 4. The van der Waals surface area contributed by atoms with Gasteiger partial charge in [0.05, 0.1) is 0 Å². The van der Waals surface area contributed by atoms with Gasteiger partial charge in [-0.3, -0.25) is 0 Å². The number of benzene rings is 1. The van der Waals surface area contributed by atoms with E-state index in [0.29, 0.717) is 16.8 Å². The molecule has 0 bridgehead atoms. The van der Waals surface area contributed by atoms with Crippen molar-refractivity contribution in [2.45, 2.75) is 18.8 Å². The maximum absolute atomic E-state index is 11.5. The predicted molar refractivity (Wildman–Crippen MR) is 93.6 cm³/mol. The van der Waals surface area contributed by atoms with Gasteiger partial charge in [0, 0.05) is 29.2 Å². The second-order valence-electron chi connectivity index (χ2n) is 6.20. The van der Waals surface area contributed by atoms with Crippen molar-refractivity contribution in [3.8, 4) is 22.5 Å². The molecule has 0 unspecified atom stereocenters. The molecule has 1 fully saturated rings. The first-order valence-electron chi connectivity index (χ1n) is 7.92. The van der Waals surface area contributed by atoms with Crippen LogP contribution in [0.5, 0.6) is 0 Å². The second kappa shape index (κ2) is 5.97. The van der Waals surface area contributed by atoms with Crippen molar-refractivity contribution in [3.63, 3.8) is 0 Å². The van der Waals surface area contributed by atoms with Gasteiger partial charge in [0.2, 0.25) is 0 Å². The van der Waals surface area contributed by atoms with Crippen molar-refractivity contribution in [2.75, 3.05) is 0 Å². The van der Waals surface area contributed by atoms with Gasteiger partial charge in [-0.1, -0.05) is 17.7 Å². The normalized spacial score (nSPS) is 13.8. The minimum Gasteiger partial charge on any atom is -0.477 e. The van der Waals surface area contributed by atoms with E-state index in [1.165, 1.54) is 0 Å². The second-order valence-corrected chi connectivity index (χ2v) is 6.64. The third-order valence-electron chi connectivity index (χ3n) is 4.30. The largest absolute Gasteiger partial charge is 0.477 e. The fraction of sp³-hybridized carbons (Fsp3) is 0.222. The molecule has 0 aliphatic heterocycles. The molecule has 126 valence electrons. The molecule has 0 amide bonds. The van der Waals surface area contributed by atoms with E-state index in [0.717, 1.165) is 35.2 Å². The lowest BCUT2D eigenvalue weighted by Crippen LogP contribution is -2.04. The molecule has 6 nitrogen and oxygen atoms in total. The number of hydrogen-bond acceptors (Lipinski definition) is 4. The number of aromatic nitrogens is 4. The number of carboxylic acids is 1. The van der Waals surface area contributed by atoms with Crippen molar-refractivity contribution < 1.29 is 9.90 Å². The van der Waals surface area contributed by atoms with Crippen molar-refractivity contribution >= 4 is 17.6 Å². The van der Waals surface area contributed by atoms with Crippen LogP contribution in [0.15, 0.2) is 36.7 Å². The molecule has 1 aromatic carbocycles. The summed E-state index contributed by atoms with van der Waals surface area (Å²) in [7, 11) is 1.85. The van der Waals surface area contributed by atoms with E-state index in [9.17, 15) is 9.90 Å². The Hall–Kier alpha value is -2.73. The van der Waals surface area contributed by atoms with E-state index in [1.807, 2.05) is 25.2 Å². The first-order valence-corrected chi connectivity index (χ1v) is 8.30. The molecule has 3 aromatic rings. The molecule has 0 spiro atoms. The van der Waals surface area contributed by atoms with Crippen molar-refractivity contribution in [1.29, 1.82) is 0 Å². The van der Waals surface area contributed by atoms with Crippen molar-refractivity contribution in [1.82, 2.24) is 19.7 Å². The van der Waals surface area contributed by atoms with Crippen molar-refractivity contribution in [2.24, 2.45) is 7.05 Å². The molecule has 0 atom stereocenters. The zero-order valence-corrected chi connectivity index (χ0v) is 14.2. The summed E-state index contributed by atoms with van der Waals surface area (Å²) in [5.41, 5.74) is 3.33. The number of nitrogens with zero attached hydrogens (tertiary/aromatic N) is 4. The van der Waals surface area contributed by atoms with Gasteiger partial charge >= 0.3 is 5.97 Å². The Labute approximate surface area is 149 Å². The molecule has 1 N–H and O–H groups in total. The average molecular weight is 355 g/mol. The molecule has 2 aromatic heterocycles. The molecule has 7 heteroatoms. The summed E-state index contributed by atoms with van der Waals surface area (Å²) in [5, 5.41) is 18.1. The topological polar surface area (TPSA) is 80.9 Å². The van der Waals surface area contributed by atoms with Gasteiger partial charge in [0.15, 0.2) is 5.82 Å². The summed E-state index contributed by atoms with van der Waals surface area (Å²) in [5.74, 6) is -0.0132. The van der Waals surface area contributed by atoms with Crippen LogP contribution in [0.2, 0.25) is 5.02 Å². The zero-order valence-electron chi connectivity index (χ0n) is 13.5. The Kier molecular flexibility index (Phi) is 3.77. The maximum atomic E-state index is 11.5. The molecular weight excluding hydrogens is 340 g/mol. The third-order valence-corrected chi connectivity index (χ3v) is 4.54. The number of aromatic carboxylic acids is 1. The first-order chi connectivity index (χ1) is 12.0. The van der Waals surface area contributed by atoms with Gasteiger partial charge in [-0.2, -0.15) is 0 Å². The van der Waals surface area contributed by atoms with E-state index >= 15 is 0 Å². The van der Waals surface area contributed by atoms with Crippen molar-refractivity contribution in [3.05, 3.63) is 53.1 Å². The zero-order chi connectivity index (χ0) is 17.6. The highest BCUT2D eigenvalue weighted by atomic mass is 35.5. The Morgan fingerprint density at radius 1 is 1.24 bits per heavy atom. The number of halogens is 1. The van der Waals surface area contributed by atoms with Crippen LogP contribution in [0, 0.1) is 0 Å². The van der Waals surface area contributed by atoms with E-state index in [1.54, 1.807) is 23.0 Å². The molecule has 2 heterocycles. The number of carbonyl (C=O) groups is 1. The third kappa shape index (κ3) is 3.00. The highest BCUT2D eigenvalue weighted by Crippen LogP contribution is 2.41. The van der Waals surface area contributed by atoms with Crippen LogP contribution < -0.4 is 0 Å². The van der Waals surface area contributed by atoms with Crippen LogP contribution in [-0.2, 0) is 7.05 Å². The van der Waals surface area contributed by atoms with Crippen LogP contribution in [0.4, 0.5) is 0 Å². The van der Waals surface area contributed by atoms with E-state index in [-0.39, 0.29) is 5.69 Å². The van der Waals surface area contributed by atoms with Crippen LogP contribution in [0.25, 0.3) is 22.5 Å². The lowest BCUT2D eigenvalue weighted by Gasteiger charge is -2.12. The van der Waals surface area contributed by atoms with Crippen LogP contribution in [-0.4, -0.2) is 30.8 Å². The quantitative estimate of drug-likeness (QED) is 0.771. The van der Waals surface area contributed by atoms with Gasteiger partial charge in [-0.05, 0) is 48.2 Å². The smallest absolute Gasteiger partial charge is 0.354 e. The minimum absolute atomic E-state index is 0.0539. The van der Waals surface area contributed by atoms with Gasteiger partial charge in [0.1, 0.15) is 12.0 Å². The fourth-order valence-electron chi connectivity index (χ4n) is 2.89. The molecule has 0 saturated heterocycles. The van der Waals surface area contributed by atoms with Crippen LogP contribution in [0.3, 0.4) is 0 Å². The van der Waals surface area contributed by atoms with Gasteiger partial charge < -0.3 is 9.67 Å². The van der Waals surface area contributed by atoms with E-state index < -0.39 is 5.97 Å². The standard InChI is InChI=1S/C18H15ClN4O2/c1-23-9-20-22-17(23)14-8-12(19)4-5-13(14)11-6-15(10-2-3-10)21-16(7-11)18(24)25/h4-10H,2-3H2,1H3,(H,24,25). The number of pyridine rings is 1. The van der Waals surface area contributed by atoms with Crippen LogP contribution >= 0.6 is 11.6 Å². The highest BCUT2D eigenvalue weighted by Gasteiger charge is 2.27. The number of carboxylic acid groups (broad SMARTS) is 1. The average Bonchev–Trinajstić information content (AvgIpc) is 3.36. The van der Waals surface area contributed by atoms with Gasteiger partial charge in [-0.25, -0.2) is 9.78 Å². The Balaban J connectivity index is 1.93. The number of aryl methyl sites for hydroxylation is 1. The summed E-state index contributed by atoms with van der Waals surface area (Å²) < 4.78 is 1.80. The van der Waals surface area contributed by atoms with Gasteiger partial charge in [0.25, 0.3) is 0 Å². The highest BCUT2D eigenvalue weighted by molar-refractivity contribution is 6.31. The Morgan fingerprint density at radius 2 is 2.04 bits per heavy atom. The molecule has 4 rings (SSSR count). The molecule has 1 saturated carbocycles. The summed E-state index contributed by atoms with van der Waals surface area (Å²) in [4.78, 5) is 15.8. The summed E-state index contributed by atoms with van der Waals surface area (Å²) in [6.07, 6.45) is 3.71. The summed E-state index contributed by atoms with van der Waals surface area (Å²) in [6.45, 7) is 0. The van der Waals surface area contributed by atoms with Gasteiger partial charge in [-0.15, -0.1) is 10.2 Å².